The Hall–Kier alpha value is -2.79. The third-order valence-corrected chi connectivity index (χ3v) is 3.43. The highest BCUT2D eigenvalue weighted by Crippen LogP contribution is 2.36. The average Bonchev–Trinajstić information content (AvgIpc) is 2.56. The van der Waals surface area contributed by atoms with Crippen molar-refractivity contribution < 1.29 is 50.2 Å². The zero-order valence-corrected chi connectivity index (χ0v) is 16.3. The maximum Gasteiger partial charge on any atom is 0.416 e. The monoisotopic (exact) mass is 443 g/mol. The van der Waals surface area contributed by atoms with Crippen LogP contribution in [0.25, 0.3) is 0 Å². The van der Waals surface area contributed by atoms with Crippen molar-refractivity contribution in [1.29, 1.82) is 0 Å². The van der Waals surface area contributed by atoms with Gasteiger partial charge in [-0.15, -0.1) is 0 Å². The molecule has 0 spiro atoms. The zero-order chi connectivity index (χ0) is 23.5. The van der Waals surface area contributed by atoms with E-state index in [-0.39, 0.29) is 18.2 Å². The van der Waals surface area contributed by atoms with E-state index in [0.29, 0.717) is 0 Å². The standard InChI is InChI=1S/C18H19F6NO5/c1-16(2,3)30-13(26)8-12(15(28)29-4)25-14(27)9-5-10(17(19,20)21)7-11(6-9)18(22,23)24/h5-7,12H,8H2,1-4H3,(H,25,27)/t12-/m0/s1. The lowest BCUT2D eigenvalue weighted by atomic mass is 10.0. The van der Waals surface area contributed by atoms with Gasteiger partial charge in [0, 0.05) is 5.56 Å². The Morgan fingerprint density at radius 2 is 1.40 bits per heavy atom. The summed E-state index contributed by atoms with van der Waals surface area (Å²) in [4.78, 5) is 36.0. The number of hydrogen-bond donors (Lipinski definition) is 1. The van der Waals surface area contributed by atoms with Crippen LogP contribution in [0.2, 0.25) is 0 Å². The number of hydrogen-bond acceptors (Lipinski definition) is 5. The minimum atomic E-state index is -5.16. The fourth-order valence-electron chi connectivity index (χ4n) is 2.21. The molecular formula is C18H19F6NO5. The highest BCUT2D eigenvalue weighted by molar-refractivity contribution is 5.98. The van der Waals surface area contributed by atoms with E-state index in [4.69, 9.17) is 4.74 Å². The molecule has 1 rings (SSSR count). The number of esters is 2. The number of benzene rings is 1. The van der Waals surface area contributed by atoms with Gasteiger partial charge in [-0.25, -0.2) is 4.79 Å². The number of amides is 1. The largest absolute Gasteiger partial charge is 0.467 e. The Labute approximate surface area is 167 Å². The Morgan fingerprint density at radius 1 is 0.933 bits per heavy atom. The zero-order valence-electron chi connectivity index (χ0n) is 16.3. The molecule has 6 nitrogen and oxygen atoms in total. The predicted octanol–water partition coefficient (Wildman–Crippen LogP) is 3.73. The van der Waals surface area contributed by atoms with Crippen LogP contribution in [0.15, 0.2) is 18.2 Å². The molecule has 30 heavy (non-hydrogen) atoms. The summed E-state index contributed by atoms with van der Waals surface area (Å²) in [5, 5.41) is 1.91. The first kappa shape index (κ1) is 25.2. The topological polar surface area (TPSA) is 81.7 Å². The van der Waals surface area contributed by atoms with E-state index in [0.717, 1.165) is 7.11 Å². The Morgan fingerprint density at radius 3 is 1.77 bits per heavy atom. The Kier molecular flexibility index (Phi) is 7.51. The number of alkyl halides is 6. The van der Waals surface area contributed by atoms with Gasteiger partial charge in [0.05, 0.1) is 24.7 Å². The van der Waals surface area contributed by atoms with Crippen molar-refractivity contribution in [3.63, 3.8) is 0 Å². The van der Waals surface area contributed by atoms with E-state index in [1.54, 1.807) is 0 Å². The molecule has 1 aromatic rings. The molecule has 0 aliphatic heterocycles. The lowest BCUT2D eigenvalue weighted by molar-refractivity contribution is -0.158. The number of rotatable bonds is 5. The smallest absolute Gasteiger partial charge is 0.416 e. The van der Waals surface area contributed by atoms with Crippen LogP contribution in [0.4, 0.5) is 26.3 Å². The minimum Gasteiger partial charge on any atom is -0.467 e. The molecule has 1 amide bonds. The lowest BCUT2D eigenvalue weighted by Crippen LogP contribution is -2.44. The SMILES string of the molecule is COC(=O)[C@H](CC(=O)OC(C)(C)C)NC(=O)c1cc(C(F)(F)F)cc(C(F)(F)F)c1. The van der Waals surface area contributed by atoms with Crippen LogP contribution in [-0.2, 0) is 31.4 Å². The van der Waals surface area contributed by atoms with Crippen molar-refractivity contribution in [3.05, 3.63) is 34.9 Å². The van der Waals surface area contributed by atoms with E-state index in [1.165, 1.54) is 20.8 Å². The number of carbonyl (C=O) groups excluding carboxylic acids is 3. The first-order valence-corrected chi connectivity index (χ1v) is 8.34. The fourth-order valence-corrected chi connectivity index (χ4v) is 2.21. The van der Waals surface area contributed by atoms with Crippen molar-refractivity contribution in [2.24, 2.45) is 0 Å². The van der Waals surface area contributed by atoms with Crippen molar-refractivity contribution in [3.8, 4) is 0 Å². The normalized spacial score (nSPS) is 13.4. The molecule has 1 aromatic carbocycles. The summed E-state index contributed by atoms with van der Waals surface area (Å²) in [6.45, 7) is 4.58. The van der Waals surface area contributed by atoms with Gasteiger partial charge >= 0.3 is 24.3 Å². The molecule has 1 atom stereocenters. The van der Waals surface area contributed by atoms with E-state index < -0.39 is 65.0 Å². The van der Waals surface area contributed by atoms with Crippen molar-refractivity contribution in [2.45, 2.75) is 51.2 Å². The molecule has 0 fully saturated rings. The van der Waals surface area contributed by atoms with E-state index in [2.05, 4.69) is 4.74 Å². The van der Waals surface area contributed by atoms with Gasteiger partial charge in [0.15, 0.2) is 0 Å². The van der Waals surface area contributed by atoms with E-state index >= 15 is 0 Å². The van der Waals surface area contributed by atoms with Gasteiger partial charge in [-0.2, -0.15) is 26.3 Å². The molecule has 0 saturated carbocycles. The molecule has 12 heteroatoms. The van der Waals surface area contributed by atoms with Crippen LogP contribution in [0.1, 0.15) is 48.7 Å². The quantitative estimate of drug-likeness (QED) is 0.554. The summed E-state index contributed by atoms with van der Waals surface area (Å²) in [5.41, 5.74) is -5.35. The van der Waals surface area contributed by atoms with Gasteiger partial charge in [0.25, 0.3) is 5.91 Å². The van der Waals surface area contributed by atoms with Crippen LogP contribution >= 0.6 is 0 Å². The summed E-state index contributed by atoms with van der Waals surface area (Å²) in [5.74, 6) is -3.53. The maximum absolute atomic E-state index is 12.9. The van der Waals surface area contributed by atoms with Crippen molar-refractivity contribution in [2.75, 3.05) is 7.11 Å². The van der Waals surface area contributed by atoms with Crippen LogP contribution in [0, 0.1) is 0 Å². The molecule has 0 aromatic heterocycles. The van der Waals surface area contributed by atoms with E-state index in [9.17, 15) is 40.7 Å². The second kappa shape index (κ2) is 8.92. The van der Waals surface area contributed by atoms with Crippen LogP contribution in [0.5, 0.6) is 0 Å². The summed E-state index contributed by atoms with van der Waals surface area (Å²) in [6, 6.07) is -1.44. The molecule has 0 saturated heterocycles. The molecule has 0 aliphatic rings. The number of halogens is 6. The number of ether oxygens (including phenoxy) is 2. The predicted molar refractivity (Wildman–Crippen MR) is 90.2 cm³/mol. The molecular weight excluding hydrogens is 424 g/mol. The molecule has 0 heterocycles. The van der Waals surface area contributed by atoms with Gasteiger partial charge in [-0.05, 0) is 39.0 Å². The number of methoxy groups -OCH3 is 1. The van der Waals surface area contributed by atoms with Gasteiger partial charge < -0.3 is 14.8 Å². The Bertz CT molecular complexity index is 779. The lowest BCUT2D eigenvalue weighted by Gasteiger charge is -2.22. The van der Waals surface area contributed by atoms with Crippen LogP contribution in [-0.4, -0.2) is 36.6 Å². The van der Waals surface area contributed by atoms with Gasteiger partial charge in [0.1, 0.15) is 11.6 Å². The third-order valence-electron chi connectivity index (χ3n) is 3.43. The first-order chi connectivity index (χ1) is 13.4. The summed E-state index contributed by atoms with van der Waals surface area (Å²) in [6.07, 6.45) is -11.1. The molecule has 0 radical (unpaired) electrons. The highest BCUT2D eigenvalue weighted by atomic mass is 19.4. The van der Waals surface area contributed by atoms with Crippen LogP contribution < -0.4 is 5.32 Å². The number of nitrogens with one attached hydrogen (secondary N) is 1. The number of carbonyl (C=O) groups is 3. The first-order valence-electron chi connectivity index (χ1n) is 8.34. The second-order valence-electron chi connectivity index (χ2n) is 7.13. The van der Waals surface area contributed by atoms with Gasteiger partial charge in [0.2, 0.25) is 0 Å². The summed E-state index contributed by atoms with van der Waals surface area (Å²) < 4.78 is 87.0. The molecule has 168 valence electrons. The summed E-state index contributed by atoms with van der Waals surface area (Å²) >= 11 is 0. The molecule has 0 bridgehead atoms. The molecule has 0 unspecified atom stereocenters. The second-order valence-corrected chi connectivity index (χ2v) is 7.13. The van der Waals surface area contributed by atoms with Gasteiger partial charge in [-0.3, -0.25) is 9.59 Å². The van der Waals surface area contributed by atoms with Crippen molar-refractivity contribution >= 4 is 17.8 Å². The third kappa shape index (κ3) is 7.56. The fraction of sp³-hybridized carbons (Fsp3) is 0.500. The minimum absolute atomic E-state index is 0.144. The van der Waals surface area contributed by atoms with E-state index in [1.807, 2.05) is 5.32 Å². The summed E-state index contributed by atoms with van der Waals surface area (Å²) in [7, 11) is 0.919. The van der Waals surface area contributed by atoms with Crippen molar-refractivity contribution in [1.82, 2.24) is 5.32 Å². The highest BCUT2D eigenvalue weighted by Gasteiger charge is 2.38. The molecule has 1 N–H and O–H groups in total. The maximum atomic E-state index is 12.9. The van der Waals surface area contributed by atoms with Crippen LogP contribution in [0.3, 0.4) is 0 Å². The molecule has 0 aliphatic carbocycles. The van der Waals surface area contributed by atoms with Gasteiger partial charge in [-0.1, -0.05) is 0 Å². The average molecular weight is 443 g/mol. The Balaban J connectivity index is 3.22.